The van der Waals surface area contributed by atoms with Gasteiger partial charge in [0.1, 0.15) is 12.4 Å². The van der Waals surface area contributed by atoms with Crippen LogP contribution in [0.3, 0.4) is 0 Å². The molecule has 3 heteroatoms. The third-order valence-corrected chi connectivity index (χ3v) is 4.08. The van der Waals surface area contributed by atoms with Crippen molar-refractivity contribution in [3.8, 4) is 28.4 Å². The molecule has 0 aliphatic heterocycles. The molecular formula is C21H20O3. The molecule has 3 aromatic carbocycles. The number of rotatable bonds is 5. The highest BCUT2D eigenvalue weighted by Gasteiger charge is 2.08. The van der Waals surface area contributed by atoms with E-state index >= 15 is 0 Å². The van der Waals surface area contributed by atoms with E-state index < -0.39 is 0 Å². The topological polar surface area (TPSA) is 38.7 Å². The maximum Gasteiger partial charge on any atom is 0.161 e. The molecule has 0 unspecified atom stereocenters. The normalized spacial score (nSPS) is 10.4. The van der Waals surface area contributed by atoms with Crippen LogP contribution in [0.2, 0.25) is 0 Å². The number of hydrogen-bond donors (Lipinski definition) is 1. The first kappa shape index (κ1) is 15.9. The second-order valence-corrected chi connectivity index (χ2v) is 5.58. The lowest BCUT2D eigenvalue weighted by Gasteiger charge is -2.13. The van der Waals surface area contributed by atoms with E-state index in [4.69, 9.17) is 9.47 Å². The average molecular weight is 320 g/mol. The fourth-order valence-electron chi connectivity index (χ4n) is 2.69. The molecule has 0 saturated heterocycles. The van der Waals surface area contributed by atoms with Gasteiger partial charge in [-0.05, 0) is 41.3 Å². The highest BCUT2D eigenvalue weighted by atomic mass is 16.5. The predicted molar refractivity (Wildman–Crippen MR) is 95.6 cm³/mol. The maximum atomic E-state index is 9.83. The second-order valence-electron chi connectivity index (χ2n) is 5.58. The smallest absolute Gasteiger partial charge is 0.161 e. The maximum absolute atomic E-state index is 9.83. The Morgan fingerprint density at radius 2 is 1.71 bits per heavy atom. The monoisotopic (exact) mass is 320 g/mol. The van der Waals surface area contributed by atoms with Gasteiger partial charge in [0.15, 0.2) is 11.5 Å². The van der Waals surface area contributed by atoms with E-state index in [9.17, 15) is 5.11 Å². The van der Waals surface area contributed by atoms with E-state index in [2.05, 4.69) is 31.2 Å². The van der Waals surface area contributed by atoms with Crippen LogP contribution >= 0.6 is 0 Å². The van der Waals surface area contributed by atoms with Crippen molar-refractivity contribution in [2.45, 2.75) is 13.5 Å². The molecule has 0 radical (unpaired) electrons. The molecule has 0 amide bonds. The first-order chi connectivity index (χ1) is 11.7. The van der Waals surface area contributed by atoms with Gasteiger partial charge >= 0.3 is 0 Å². The molecule has 3 rings (SSSR count). The van der Waals surface area contributed by atoms with Crippen molar-refractivity contribution in [3.63, 3.8) is 0 Å². The first-order valence-corrected chi connectivity index (χ1v) is 7.83. The van der Waals surface area contributed by atoms with Crippen LogP contribution in [-0.4, -0.2) is 12.2 Å². The van der Waals surface area contributed by atoms with E-state index in [1.807, 2.05) is 24.3 Å². The van der Waals surface area contributed by atoms with Crippen LogP contribution < -0.4 is 9.47 Å². The summed E-state index contributed by atoms with van der Waals surface area (Å²) in [5.74, 6) is 1.12. The van der Waals surface area contributed by atoms with E-state index in [-0.39, 0.29) is 5.75 Å². The third kappa shape index (κ3) is 3.35. The Balaban J connectivity index is 1.80. The van der Waals surface area contributed by atoms with Gasteiger partial charge in [0, 0.05) is 6.07 Å². The average Bonchev–Trinajstić information content (AvgIpc) is 2.62. The van der Waals surface area contributed by atoms with Crippen LogP contribution in [0.4, 0.5) is 0 Å². The zero-order valence-corrected chi connectivity index (χ0v) is 13.8. The van der Waals surface area contributed by atoms with Crippen LogP contribution in [-0.2, 0) is 6.61 Å². The number of benzene rings is 3. The highest BCUT2D eigenvalue weighted by Crippen LogP contribution is 2.31. The van der Waals surface area contributed by atoms with E-state index in [1.165, 1.54) is 23.8 Å². The second kappa shape index (κ2) is 7.09. The molecule has 3 nitrogen and oxygen atoms in total. The molecule has 3 aromatic rings. The van der Waals surface area contributed by atoms with Crippen molar-refractivity contribution in [3.05, 3.63) is 77.9 Å². The summed E-state index contributed by atoms with van der Waals surface area (Å²) in [5.41, 5.74) is 4.71. The Labute approximate surface area is 142 Å². The van der Waals surface area contributed by atoms with E-state index in [1.54, 1.807) is 18.2 Å². The number of methoxy groups -OCH3 is 1. The number of ether oxygens (including phenoxy) is 2. The van der Waals surface area contributed by atoms with E-state index in [0.29, 0.717) is 18.1 Å². The number of aromatic hydroxyl groups is 1. The van der Waals surface area contributed by atoms with Crippen molar-refractivity contribution in [1.29, 1.82) is 0 Å². The summed E-state index contributed by atoms with van der Waals surface area (Å²) < 4.78 is 10.9. The molecule has 122 valence electrons. The summed E-state index contributed by atoms with van der Waals surface area (Å²) in [6.07, 6.45) is 0. The minimum atomic E-state index is 0.0739. The molecule has 0 bridgehead atoms. The van der Waals surface area contributed by atoms with Gasteiger partial charge in [-0.2, -0.15) is 0 Å². The van der Waals surface area contributed by atoms with Crippen LogP contribution in [0.1, 0.15) is 11.1 Å². The van der Waals surface area contributed by atoms with Crippen molar-refractivity contribution in [1.82, 2.24) is 0 Å². The van der Waals surface area contributed by atoms with Gasteiger partial charge < -0.3 is 14.6 Å². The quantitative estimate of drug-likeness (QED) is 0.722. The first-order valence-electron chi connectivity index (χ1n) is 7.83. The predicted octanol–water partition coefficient (Wildman–Crippen LogP) is 4.96. The van der Waals surface area contributed by atoms with Crippen molar-refractivity contribution < 1.29 is 14.6 Å². The van der Waals surface area contributed by atoms with Gasteiger partial charge in [-0.25, -0.2) is 0 Å². The van der Waals surface area contributed by atoms with Crippen LogP contribution in [0.5, 0.6) is 17.2 Å². The largest absolute Gasteiger partial charge is 0.504 e. The van der Waals surface area contributed by atoms with Gasteiger partial charge in [-0.3, -0.25) is 0 Å². The Kier molecular flexibility index (Phi) is 4.71. The van der Waals surface area contributed by atoms with Gasteiger partial charge in [-0.15, -0.1) is 0 Å². The summed E-state index contributed by atoms with van der Waals surface area (Å²) >= 11 is 0. The summed E-state index contributed by atoms with van der Waals surface area (Å²) in [6, 6.07) is 21.6. The molecule has 0 spiro atoms. The molecule has 0 heterocycles. The van der Waals surface area contributed by atoms with Crippen LogP contribution in [0.25, 0.3) is 11.1 Å². The zero-order chi connectivity index (χ0) is 16.9. The lowest BCUT2D eigenvalue weighted by molar-refractivity contribution is 0.301. The number of hydrogen-bond acceptors (Lipinski definition) is 3. The highest BCUT2D eigenvalue weighted by molar-refractivity contribution is 5.68. The molecule has 24 heavy (non-hydrogen) atoms. The lowest BCUT2D eigenvalue weighted by atomic mass is 9.97. The molecule has 0 atom stereocenters. The summed E-state index contributed by atoms with van der Waals surface area (Å²) in [6.45, 7) is 2.55. The van der Waals surface area contributed by atoms with Crippen molar-refractivity contribution in [2.24, 2.45) is 0 Å². The van der Waals surface area contributed by atoms with Gasteiger partial charge in [0.2, 0.25) is 0 Å². The SMILES string of the molecule is COc1ccc(OCc2cccc(-c3ccccc3)c2C)cc1O. The third-order valence-electron chi connectivity index (χ3n) is 4.08. The Morgan fingerprint density at radius 3 is 2.42 bits per heavy atom. The lowest BCUT2D eigenvalue weighted by Crippen LogP contribution is -1.99. The minimum absolute atomic E-state index is 0.0739. The number of phenolic OH excluding ortho intramolecular Hbond substituents is 1. The Bertz CT molecular complexity index is 826. The molecule has 0 fully saturated rings. The molecule has 0 aliphatic carbocycles. The molecule has 0 aliphatic rings. The summed E-state index contributed by atoms with van der Waals surface area (Å²) in [4.78, 5) is 0. The van der Waals surface area contributed by atoms with Gasteiger partial charge in [0.25, 0.3) is 0 Å². The standard InChI is InChI=1S/C21H20O3/c1-15-17(9-6-10-19(15)16-7-4-3-5-8-16)14-24-18-11-12-21(23-2)20(22)13-18/h3-13,22H,14H2,1-2H3. The molecule has 0 saturated carbocycles. The molecular weight excluding hydrogens is 300 g/mol. The summed E-state index contributed by atoms with van der Waals surface area (Å²) in [5, 5.41) is 9.83. The fourth-order valence-corrected chi connectivity index (χ4v) is 2.69. The zero-order valence-electron chi connectivity index (χ0n) is 13.8. The van der Waals surface area contributed by atoms with Crippen molar-refractivity contribution in [2.75, 3.05) is 7.11 Å². The Morgan fingerprint density at radius 1 is 0.917 bits per heavy atom. The molecule has 0 aromatic heterocycles. The fraction of sp³-hybridized carbons (Fsp3) is 0.143. The van der Waals surface area contributed by atoms with Crippen LogP contribution in [0, 0.1) is 6.92 Å². The van der Waals surface area contributed by atoms with Gasteiger partial charge in [0.05, 0.1) is 7.11 Å². The minimum Gasteiger partial charge on any atom is -0.504 e. The Hall–Kier alpha value is -2.94. The summed E-state index contributed by atoms with van der Waals surface area (Å²) in [7, 11) is 1.52. The van der Waals surface area contributed by atoms with E-state index in [0.717, 1.165) is 5.56 Å². The number of phenols is 1. The van der Waals surface area contributed by atoms with Crippen LogP contribution in [0.15, 0.2) is 66.7 Å². The van der Waals surface area contributed by atoms with Gasteiger partial charge in [-0.1, -0.05) is 48.5 Å². The molecule has 1 N–H and O–H groups in total. The van der Waals surface area contributed by atoms with Crippen molar-refractivity contribution >= 4 is 0 Å².